The average molecular weight is 371 g/mol. The predicted octanol–water partition coefficient (Wildman–Crippen LogP) is 2.28. The van der Waals surface area contributed by atoms with Gasteiger partial charge in [0.15, 0.2) is 5.82 Å². The first-order chi connectivity index (χ1) is 13.1. The van der Waals surface area contributed by atoms with E-state index in [9.17, 15) is 9.90 Å². The molecular formula is C19H25N5O3. The van der Waals surface area contributed by atoms with Gasteiger partial charge in [-0.25, -0.2) is 4.79 Å². The summed E-state index contributed by atoms with van der Waals surface area (Å²) >= 11 is 0. The van der Waals surface area contributed by atoms with E-state index in [0.29, 0.717) is 37.0 Å². The van der Waals surface area contributed by atoms with Crippen LogP contribution in [0.2, 0.25) is 0 Å². The molecule has 2 amide bonds. The van der Waals surface area contributed by atoms with E-state index in [1.165, 1.54) is 0 Å². The van der Waals surface area contributed by atoms with Crippen LogP contribution >= 0.6 is 0 Å². The number of likely N-dealkylation sites (tertiary alicyclic amines) is 1. The lowest BCUT2D eigenvalue weighted by Crippen LogP contribution is -2.42. The summed E-state index contributed by atoms with van der Waals surface area (Å²) in [5.74, 6) is 2.03. The molecule has 8 nitrogen and oxygen atoms in total. The molecule has 1 aliphatic heterocycles. The van der Waals surface area contributed by atoms with Gasteiger partial charge in [0.25, 0.3) is 0 Å². The molecule has 0 bridgehead atoms. The largest absolute Gasteiger partial charge is 0.487 e. The van der Waals surface area contributed by atoms with E-state index in [0.717, 1.165) is 18.7 Å². The minimum atomic E-state index is -0.168. The smallest absolute Gasteiger partial charge is 0.321 e. The van der Waals surface area contributed by atoms with Gasteiger partial charge in [-0.3, -0.25) is 0 Å². The number of aliphatic hydroxyl groups is 1. The number of nitrogens with zero attached hydrogens (tertiary/aromatic N) is 4. The van der Waals surface area contributed by atoms with Crippen LogP contribution in [0.15, 0.2) is 36.9 Å². The molecule has 0 saturated carbocycles. The van der Waals surface area contributed by atoms with Crippen molar-refractivity contribution in [3.63, 3.8) is 0 Å². The predicted molar refractivity (Wildman–Crippen MR) is 102 cm³/mol. The number of piperidine rings is 1. The molecule has 1 atom stereocenters. The van der Waals surface area contributed by atoms with Gasteiger partial charge in [-0.1, -0.05) is 24.8 Å². The fraction of sp³-hybridized carbons (Fsp3) is 0.421. The SMILES string of the molecule is C=CCOc1ccccc1NC(=O)N1CCCC(c2nnc(CO)n2C)C1. The van der Waals surface area contributed by atoms with Crippen molar-refractivity contribution in [2.24, 2.45) is 7.05 Å². The quantitative estimate of drug-likeness (QED) is 0.760. The van der Waals surface area contributed by atoms with Crippen molar-refractivity contribution in [2.75, 3.05) is 25.0 Å². The van der Waals surface area contributed by atoms with Gasteiger partial charge in [0.2, 0.25) is 0 Å². The molecule has 0 radical (unpaired) electrons. The maximum atomic E-state index is 12.8. The van der Waals surface area contributed by atoms with Crippen LogP contribution in [0.3, 0.4) is 0 Å². The molecule has 1 saturated heterocycles. The van der Waals surface area contributed by atoms with Gasteiger partial charge in [0.05, 0.1) is 5.69 Å². The zero-order valence-corrected chi connectivity index (χ0v) is 15.5. The molecule has 0 spiro atoms. The molecule has 2 heterocycles. The van der Waals surface area contributed by atoms with Gasteiger partial charge in [-0.05, 0) is 25.0 Å². The van der Waals surface area contributed by atoms with E-state index in [-0.39, 0.29) is 18.6 Å². The van der Waals surface area contributed by atoms with Crippen LogP contribution in [0.4, 0.5) is 10.5 Å². The number of hydrogen-bond donors (Lipinski definition) is 2. The van der Waals surface area contributed by atoms with Crippen molar-refractivity contribution >= 4 is 11.7 Å². The maximum Gasteiger partial charge on any atom is 0.321 e. The lowest BCUT2D eigenvalue weighted by Gasteiger charge is -2.32. The molecule has 8 heteroatoms. The summed E-state index contributed by atoms with van der Waals surface area (Å²) < 4.78 is 7.41. The third kappa shape index (κ3) is 4.28. The average Bonchev–Trinajstić information content (AvgIpc) is 3.08. The van der Waals surface area contributed by atoms with Crippen LogP contribution in [0.5, 0.6) is 5.75 Å². The minimum absolute atomic E-state index is 0.0922. The normalized spacial score (nSPS) is 16.8. The topological polar surface area (TPSA) is 92.5 Å². The molecule has 1 aliphatic rings. The van der Waals surface area contributed by atoms with Gasteiger partial charge < -0.3 is 24.6 Å². The van der Waals surface area contributed by atoms with Gasteiger partial charge >= 0.3 is 6.03 Å². The standard InChI is InChI=1S/C19H25N5O3/c1-3-11-27-16-9-5-4-8-15(16)20-19(26)24-10-6-7-14(12-24)18-22-21-17(13-25)23(18)2/h3-5,8-9,14,25H,1,6-7,10-13H2,2H3,(H,20,26). The summed E-state index contributed by atoms with van der Waals surface area (Å²) in [6.45, 7) is 5.10. The Kier molecular flexibility index (Phi) is 6.08. The highest BCUT2D eigenvalue weighted by Crippen LogP contribution is 2.28. The summed E-state index contributed by atoms with van der Waals surface area (Å²) in [5, 5.41) is 20.5. The second-order valence-corrected chi connectivity index (χ2v) is 6.50. The fourth-order valence-electron chi connectivity index (χ4n) is 3.28. The van der Waals surface area contributed by atoms with E-state index in [2.05, 4.69) is 22.1 Å². The number of ether oxygens (including phenoxy) is 1. The van der Waals surface area contributed by atoms with Gasteiger partial charge in [-0.15, -0.1) is 10.2 Å². The Morgan fingerprint density at radius 2 is 2.26 bits per heavy atom. The van der Waals surface area contributed by atoms with Crippen LogP contribution < -0.4 is 10.1 Å². The molecule has 1 fully saturated rings. The zero-order chi connectivity index (χ0) is 19.2. The Balaban J connectivity index is 1.68. The first-order valence-corrected chi connectivity index (χ1v) is 9.01. The summed E-state index contributed by atoms with van der Waals surface area (Å²) in [7, 11) is 1.84. The number of aliphatic hydroxyl groups excluding tert-OH is 1. The maximum absolute atomic E-state index is 12.8. The highest BCUT2D eigenvalue weighted by atomic mass is 16.5. The molecule has 2 aromatic rings. The minimum Gasteiger partial charge on any atom is -0.487 e. The fourth-order valence-corrected chi connectivity index (χ4v) is 3.28. The first-order valence-electron chi connectivity index (χ1n) is 9.01. The lowest BCUT2D eigenvalue weighted by molar-refractivity contribution is 0.190. The molecule has 144 valence electrons. The van der Waals surface area contributed by atoms with Crippen molar-refractivity contribution in [2.45, 2.75) is 25.4 Å². The number of para-hydroxylation sites is 2. The molecule has 2 N–H and O–H groups in total. The Morgan fingerprint density at radius 3 is 3.00 bits per heavy atom. The Hall–Kier alpha value is -2.87. The van der Waals surface area contributed by atoms with E-state index in [1.807, 2.05) is 35.9 Å². The zero-order valence-electron chi connectivity index (χ0n) is 15.5. The van der Waals surface area contributed by atoms with Crippen LogP contribution in [0.25, 0.3) is 0 Å². The van der Waals surface area contributed by atoms with Crippen molar-refractivity contribution in [1.82, 2.24) is 19.7 Å². The third-order valence-corrected chi connectivity index (χ3v) is 4.70. The molecule has 27 heavy (non-hydrogen) atoms. The number of rotatable bonds is 6. The Morgan fingerprint density at radius 1 is 1.44 bits per heavy atom. The number of amides is 2. The van der Waals surface area contributed by atoms with Crippen LogP contribution in [-0.2, 0) is 13.7 Å². The molecule has 1 aromatic carbocycles. The third-order valence-electron chi connectivity index (χ3n) is 4.70. The Bertz CT molecular complexity index is 804. The summed E-state index contributed by atoms with van der Waals surface area (Å²) in [6, 6.07) is 7.17. The highest BCUT2D eigenvalue weighted by Gasteiger charge is 2.28. The van der Waals surface area contributed by atoms with Crippen LogP contribution in [-0.4, -0.2) is 50.5 Å². The number of carbonyl (C=O) groups is 1. The van der Waals surface area contributed by atoms with Gasteiger partial charge in [0, 0.05) is 26.1 Å². The number of carbonyl (C=O) groups excluding carboxylic acids is 1. The first kappa shape index (κ1) is 18.9. The van der Waals surface area contributed by atoms with E-state index in [1.54, 1.807) is 11.0 Å². The number of aromatic nitrogens is 3. The number of anilines is 1. The molecular weight excluding hydrogens is 346 g/mol. The number of benzene rings is 1. The second kappa shape index (κ2) is 8.68. The summed E-state index contributed by atoms with van der Waals surface area (Å²) in [4.78, 5) is 14.6. The van der Waals surface area contributed by atoms with E-state index in [4.69, 9.17) is 4.74 Å². The summed E-state index contributed by atoms with van der Waals surface area (Å²) in [5.41, 5.74) is 0.632. The number of hydrogen-bond acceptors (Lipinski definition) is 5. The van der Waals surface area contributed by atoms with Crippen molar-refractivity contribution in [3.05, 3.63) is 48.6 Å². The number of urea groups is 1. The van der Waals surface area contributed by atoms with Crippen LogP contribution in [0, 0.1) is 0 Å². The molecule has 0 aliphatic carbocycles. The molecule has 3 rings (SSSR count). The Labute approximate surface area is 158 Å². The molecule has 1 aromatic heterocycles. The highest BCUT2D eigenvalue weighted by molar-refractivity contribution is 5.91. The molecule has 1 unspecified atom stereocenters. The van der Waals surface area contributed by atoms with E-state index >= 15 is 0 Å². The van der Waals surface area contributed by atoms with Crippen LogP contribution in [0.1, 0.15) is 30.4 Å². The van der Waals surface area contributed by atoms with E-state index < -0.39 is 0 Å². The second-order valence-electron chi connectivity index (χ2n) is 6.50. The van der Waals surface area contributed by atoms with Gasteiger partial charge in [0.1, 0.15) is 24.8 Å². The lowest BCUT2D eigenvalue weighted by atomic mass is 9.97. The monoisotopic (exact) mass is 371 g/mol. The summed E-state index contributed by atoms with van der Waals surface area (Å²) in [6.07, 6.45) is 3.48. The number of nitrogens with one attached hydrogen (secondary N) is 1. The van der Waals surface area contributed by atoms with Crippen molar-refractivity contribution in [3.8, 4) is 5.75 Å². The van der Waals surface area contributed by atoms with Gasteiger partial charge in [-0.2, -0.15) is 0 Å². The van der Waals surface area contributed by atoms with Crippen molar-refractivity contribution in [1.29, 1.82) is 0 Å². The van der Waals surface area contributed by atoms with Crippen molar-refractivity contribution < 1.29 is 14.6 Å².